The normalized spacial score (nSPS) is 41.5. The first-order chi connectivity index (χ1) is 6.58. The summed E-state index contributed by atoms with van der Waals surface area (Å²) in [5.74, 6) is 0.243. The molecule has 0 aromatic carbocycles. The first-order valence-electron chi connectivity index (χ1n) is 5.51. The van der Waals surface area contributed by atoms with Gasteiger partial charge in [-0.3, -0.25) is 0 Å². The van der Waals surface area contributed by atoms with Crippen LogP contribution in [0.4, 0.5) is 0 Å². The Kier molecular flexibility index (Phi) is 2.44. The summed E-state index contributed by atoms with van der Waals surface area (Å²) in [6.07, 6.45) is 6.73. The van der Waals surface area contributed by atoms with Gasteiger partial charge in [0, 0.05) is 5.41 Å². The Labute approximate surface area is 86.3 Å². The molecule has 2 atom stereocenters. The maximum Gasteiger partial charge on any atom is 0.171 e. The molecule has 1 aliphatic heterocycles. The Morgan fingerprint density at radius 1 is 1.14 bits per heavy atom. The minimum absolute atomic E-state index is 0.123. The van der Waals surface area contributed by atoms with Crippen molar-refractivity contribution in [2.24, 2.45) is 11.3 Å². The van der Waals surface area contributed by atoms with Gasteiger partial charge in [0.15, 0.2) is 5.79 Å². The lowest BCUT2D eigenvalue weighted by Crippen LogP contribution is -2.49. The molecule has 0 bridgehead atoms. The van der Waals surface area contributed by atoms with E-state index in [4.69, 9.17) is 9.47 Å². The highest BCUT2D eigenvalue weighted by Gasteiger charge is 2.51. The van der Waals surface area contributed by atoms with E-state index < -0.39 is 0 Å². The molecule has 80 valence electrons. The lowest BCUT2D eigenvalue weighted by Gasteiger charge is -2.47. The quantitative estimate of drug-likeness (QED) is 0.600. The zero-order chi connectivity index (χ0) is 10.2. The van der Waals surface area contributed by atoms with Crippen LogP contribution in [0.5, 0.6) is 0 Å². The molecule has 1 heterocycles. The van der Waals surface area contributed by atoms with Crippen LogP contribution in [0.25, 0.3) is 0 Å². The summed E-state index contributed by atoms with van der Waals surface area (Å²) in [4.78, 5) is 0. The summed E-state index contributed by atoms with van der Waals surface area (Å²) in [6, 6.07) is 0. The molecule has 0 aromatic heterocycles. The van der Waals surface area contributed by atoms with E-state index in [0.717, 1.165) is 26.1 Å². The van der Waals surface area contributed by atoms with Gasteiger partial charge in [-0.15, -0.1) is 0 Å². The van der Waals surface area contributed by atoms with Crippen molar-refractivity contribution in [3.05, 3.63) is 12.2 Å². The van der Waals surface area contributed by atoms with Crippen molar-refractivity contribution in [3.8, 4) is 0 Å². The predicted molar refractivity (Wildman–Crippen MR) is 56.0 cm³/mol. The van der Waals surface area contributed by atoms with Crippen molar-refractivity contribution in [1.82, 2.24) is 0 Å². The van der Waals surface area contributed by atoms with Gasteiger partial charge >= 0.3 is 0 Å². The van der Waals surface area contributed by atoms with E-state index in [0.29, 0.717) is 5.92 Å². The number of hydrogen-bond donors (Lipinski definition) is 0. The molecule has 1 aliphatic carbocycles. The molecule has 1 fully saturated rings. The Morgan fingerprint density at radius 3 is 2.36 bits per heavy atom. The molecule has 0 aromatic rings. The third-order valence-corrected chi connectivity index (χ3v) is 4.16. The molecule has 14 heavy (non-hydrogen) atoms. The average molecular weight is 196 g/mol. The van der Waals surface area contributed by atoms with Gasteiger partial charge in [0.2, 0.25) is 0 Å². The molecule has 2 rings (SSSR count). The summed E-state index contributed by atoms with van der Waals surface area (Å²) in [5, 5.41) is 0. The standard InChI is InChI=1S/C12H20O2/c1-10-6-4-5-7-11(10,2)12(3)13-8-9-14-12/h4-5,10H,6-9H2,1-3H3/t10-,11-/m1/s1. The van der Waals surface area contributed by atoms with Crippen molar-refractivity contribution in [2.45, 2.75) is 39.4 Å². The SMILES string of the molecule is C[C@@H]1CC=CC[C@@]1(C)C1(C)OCCO1. The zero-order valence-electron chi connectivity index (χ0n) is 9.38. The van der Waals surface area contributed by atoms with E-state index in [1.165, 1.54) is 0 Å². The van der Waals surface area contributed by atoms with Crippen LogP contribution >= 0.6 is 0 Å². The van der Waals surface area contributed by atoms with Crippen molar-refractivity contribution in [1.29, 1.82) is 0 Å². The van der Waals surface area contributed by atoms with Crippen LogP contribution in [0.3, 0.4) is 0 Å². The number of allylic oxidation sites excluding steroid dienone is 2. The van der Waals surface area contributed by atoms with Gasteiger partial charge in [0.1, 0.15) is 0 Å². The molecule has 0 N–H and O–H groups in total. The Hall–Kier alpha value is -0.340. The van der Waals surface area contributed by atoms with Crippen molar-refractivity contribution in [2.75, 3.05) is 13.2 Å². The third kappa shape index (κ3) is 1.32. The molecule has 2 nitrogen and oxygen atoms in total. The van der Waals surface area contributed by atoms with Gasteiger partial charge in [-0.25, -0.2) is 0 Å². The molecule has 2 heteroatoms. The largest absolute Gasteiger partial charge is 0.347 e. The second-order valence-electron chi connectivity index (χ2n) is 4.87. The Bertz CT molecular complexity index is 241. The van der Waals surface area contributed by atoms with Gasteiger partial charge in [-0.1, -0.05) is 26.0 Å². The van der Waals surface area contributed by atoms with Crippen LogP contribution in [-0.2, 0) is 9.47 Å². The van der Waals surface area contributed by atoms with E-state index in [1.807, 2.05) is 0 Å². The maximum absolute atomic E-state index is 5.80. The van der Waals surface area contributed by atoms with Crippen LogP contribution in [-0.4, -0.2) is 19.0 Å². The molecular weight excluding hydrogens is 176 g/mol. The highest BCUT2D eigenvalue weighted by Crippen LogP contribution is 2.49. The van der Waals surface area contributed by atoms with Gasteiger partial charge in [0.25, 0.3) is 0 Å². The minimum atomic E-state index is -0.378. The average Bonchev–Trinajstić information content (AvgIpc) is 2.59. The summed E-state index contributed by atoms with van der Waals surface area (Å²) in [5.41, 5.74) is 0.123. The summed E-state index contributed by atoms with van der Waals surface area (Å²) >= 11 is 0. The van der Waals surface area contributed by atoms with E-state index >= 15 is 0 Å². The first kappa shape index (κ1) is 10.2. The smallest absolute Gasteiger partial charge is 0.171 e. The van der Waals surface area contributed by atoms with E-state index in [1.54, 1.807) is 0 Å². The number of ether oxygens (including phenoxy) is 2. The summed E-state index contributed by atoms with van der Waals surface area (Å²) in [6.45, 7) is 8.15. The molecule has 0 saturated carbocycles. The van der Waals surface area contributed by atoms with Crippen LogP contribution in [0.15, 0.2) is 12.2 Å². The highest BCUT2D eigenvalue weighted by molar-refractivity contribution is 5.05. The molecule has 0 amide bonds. The molecule has 2 aliphatic rings. The zero-order valence-corrected chi connectivity index (χ0v) is 9.38. The third-order valence-electron chi connectivity index (χ3n) is 4.16. The van der Waals surface area contributed by atoms with E-state index in [-0.39, 0.29) is 11.2 Å². The summed E-state index contributed by atoms with van der Waals surface area (Å²) < 4.78 is 11.6. The Morgan fingerprint density at radius 2 is 1.79 bits per heavy atom. The molecule has 0 radical (unpaired) electrons. The van der Waals surface area contributed by atoms with Gasteiger partial charge < -0.3 is 9.47 Å². The van der Waals surface area contributed by atoms with Crippen molar-refractivity contribution < 1.29 is 9.47 Å². The predicted octanol–water partition coefficient (Wildman–Crippen LogP) is 2.74. The first-order valence-corrected chi connectivity index (χ1v) is 5.51. The second kappa shape index (κ2) is 3.35. The lowest BCUT2D eigenvalue weighted by atomic mass is 9.66. The van der Waals surface area contributed by atoms with E-state index in [9.17, 15) is 0 Å². The van der Waals surface area contributed by atoms with Crippen LogP contribution in [0, 0.1) is 11.3 Å². The minimum Gasteiger partial charge on any atom is -0.347 e. The highest BCUT2D eigenvalue weighted by atomic mass is 16.7. The Balaban J connectivity index is 2.25. The van der Waals surface area contributed by atoms with Crippen molar-refractivity contribution >= 4 is 0 Å². The van der Waals surface area contributed by atoms with Gasteiger partial charge in [-0.2, -0.15) is 0 Å². The fraction of sp³-hybridized carbons (Fsp3) is 0.833. The lowest BCUT2D eigenvalue weighted by molar-refractivity contribution is -0.235. The molecular formula is C12H20O2. The molecule has 0 unspecified atom stereocenters. The maximum atomic E-state index is 5.80. The van der Waals surface area contributed by atoms with Gasteiger partial charge in [0.05, 0.1) is 13.2 Å². The van der Waals surface area contributed by atoms with Gasteiger partial charge in [-0.05, 0) is 25.7 Å². The molecule has 0 spiro atoms. The fourth-order valence-electron chi connectivity index (χ4n) is 2.57. The second-order valence-corrected chi connectivity index (χ2v) is 4.87. The summed E-state index contributed by atoms with van der Waals surface area (Å²) in [7, 11) is 0. The monoisotopic (exact) mass is 196 g/mol. The van der Waals surface area contributed by atoms with Crippen molar-refractivity contribution in [3.63, 3.8) is 0 Å². The topological polar surface area (TPSA) is 18.5 Å². The van der Waals surface area contributed by atoms with Crippen LogP contribution < -0.4 is 0 Å². The van der Waals surface area contributed by atoms with Crippen LogP contribution in [0.1, 0.15) is 33.6 Å². The number of hydrogen-bond acceptors (Lipinski definition) is 2. The van der Waals surface area contributed by atoms with E-state index in [2.05, 4.69) is 32.9 Å². The van der Waals surface area contributed by atoms with Crippen LogP contribution in [0.2, 0.25) is 0 Å². The molecule has 1 saturated heterocycles. The number of rotatable bonds is 1. The fourth-order valence-corrected chi connectivity index (χ4v) is 2.57.